The summed E-state index contributed by atoms with van der Waals surface area (Å²) in [6.45, 7) is 0. The van der Waals surface area contributed by atoms with Crippen molar-refractivity contribution < 1.29 is 4.42 Å². The fraction of sp³-hybridized carbons (Fsp3) is 0. The SMILES string of the molecule is c1ccc(-c2ccc(-c3cccc4c3oc3ccccc34)cc2-n2c3ccccc3c3c(N(c4ccccc4)c4ccccc4)cccc32)cc1. The Morgan fingerprint density at radius 1 is 0.412 bits per heavy atom. The zero-order valence-electron chi connectivity index (χ0n) is 27.8. The topological polar surface area (TPSA) is 21.3 Å². The molecule has 3 nitrogen and oxygen atoms in total. The first kappa shape index (κ1) is 29.1. The molecule has 0 amide bonds. The highest BCUT2D eigenvalue weighted by Crippen LogP contribution is 2.45. The van der Waals surface area contributed by atoms with Crippen molar-refractivity contribution >= 4 is 60.8 Å². The number of rotatable bonds is 6. The van der Waals surface area contributed by atoms with Crippen LogP contribution in [0.25, 0.3) is 71.7 Å². The number of nitrogens with zero attached hydrogens (tertiary/aromatic N) is 2. The maximum absolute atomic E-state index is 6.54. The highest BCUT2D eigenvalue weighted by atomic mass is 16.3. The van der Waals surface area contributed by atoms with Crippen molar-refractivity contribution in [2.24, 2.45) is 0 Å². The second-order valence-corrected chi connectivity index (χ2v) is 12.9. The van der Waals surface area contributed by atoms with Gasteiger partial charge in [0.05, 0.1) is 22.4 Å². The molecule has 0 N–H and O–H groups in total. The number of hydrogen-bond acceptors (Lipinski definition) is 2. The van der Waals surface area contributed by atoms with E-state index in [1.807, 2.05) is 12.1 Å². The van der Waals surface area contributed by atoms with Gasteiger partial charge in [0.1, 0.15) is 11.2 Å². The average molecular weight is 653 g/mol. The van der Waals surface area contributed by atoms with E-state index in [0.717, 1.165) is 72.4 Å². The van der Waals surface area contributed by atoms with E-state index in [1.54, 1.807) is 0 Å². The molecular formula is C48H32N2O. The number of aromatic nitrogens is 1. The number of anilines is 3. The minimum Gasteiger partial charge on any atom is -0.455 e. The summed E-state index contributed by atoms with van der Waals surface area (Å²) in [4.78, 5) is 2.37. The van der Waals surface area contributed by atoms with Gasteiger partial charge >= 0.3 is 0 Å². The van der Waals surface area contributed by atoms with Crippen LogP contribution in [0.5, 0.6) is 0 Å². The van der Waals surface area contributed by atoms with Gasteiger partial charge in [0.15, 0.2) is 0 Å². The Morgan fingerprint density at radius 3 is 1.78 bits per heavy atom. The Hall–Kier alpha value is -6.84. The lowest BCUT2D eigenvalue weighted by Crippen LogP contribution is -2.10. The quantitative estimate of drug-likeness (QED) is 0.178. The first-order chi connectivity index (χ1) is 25.3. The third-order valence-electron chi connectivity index (χ3n) is 9.98. The summed E-state index contributed by atoms with van der Waals surface area (Å²) in [7, 11) is 0. The highest BCUT2D eigenvalue weighted by molar-refractivity contribution is 6.17. The van der Waals surface area contributed by atoms with Gasteiger partial charge in [0.25, 0.3) is 0 Å². The van der Waals surface area contributed by atoms with Crippen LogP contribution in [-0.4, -0.2) is 4.57 Å². The minimum absolute atomic E-state index is 0.900. The molecule has 8 aromatic carbocycles. The number of furan rings is 1. The Kier molecular flexibility index (Phi) is 6.81. The maximum Gasteiger partial charge on any atom is 0.143 e. The molecule has 2 heterocycles. The van der Waals surface area contributed by atoms with Crippen LogP contribution in [0.2, 0.25) is 0 Å². The van der Waals surface area contributed by atoms with Gasteiger partial charge < -0.3 is 13.9 Å². The third kappa shape index (κ3) is 4.74. The summed E-state index contributed by atoms with van der Waals surface area (Å²) in [6, 6.07) is 69.1. The van der Waals surface area contributed by atoms with Gasteiger partial charge in [0, 0.05) is 44.0 Å². The normalized spacial score (nSPS) is 11.5. The highest BCUT2D eigenvalue weighted by Gasteiger charge is 2.23. The van der Waals surface area contributed by atoms with Crippen molar-refractivity contribution in [1.29, 1.82) is 0 Å². The molecule has 0 saturated carbocycles. The van der Waals surface area contributed by atoms with E-state index in [2.05, 4.69) is 191 Å². The van der Waals surface area contributed by atoms with Crippen molar-refractivity contribution in [1.82, 2.24) is 4.57 Å². The Labute approximate surface area is 295 Å². The van der Waals surface area contributed by atoms with E-state index >= 15 is 0 Å². The molecule has 0 spiro atoms. The lowest BCUT2D eigenvalue weighted by molar-refractivity contribution is 0.670. The molecule has 0 bridgehead atoms. The molecule has 0 unspecified atom stereocenters. The van der Waals surface area contributed by atoms with Gasteiger partial charge in [-0.2, -0.15) is 0 Å². The Bertz CT molecular complexity index is 2810. The molecule has 0 fully saturated rings. The predicted octanol–water partition coefficient (Wildman–Crippen LogP) is 13.5. The molecule has 51 heavy (non-hydrogen) atoms. The number of hydrogen-bond donors (Lipinski definition) is 0. The van der Waals surface area contributed by atoms with Gasteiger partial charge in [-0.05, 0) is 65.7 Å². The van der Waals surface area contributed by atoms with Gasteiger partial charge in [0.2, 0.25) is 0 Å². The molecule has 0 aliphatic carbocycles. The van der Waals surface area contributed by atoms with Crippen LogP contribution in [0.3, 0.4) is 0 Å². The van der Waals surface area contributed by atoms with Crippen LogP contribution < -0.4 is 4.90 Å². The average Bonchev–Trinajstić information content (AvgIpc) is 3.75. The van der Waals surface area contributed by atoms with Crippen LogP contribution >= 0.6 is 0 Å². The van der Waals surface area contributed by atoms with Crippen LogP contribution in [0.15, 0.2) is 199 Å². The van der Waals surface area contributed by atoms with E-state index in [0.29, 0.717) is 0 Å². The molecule has 10 aromatic rings. The Balaban J connectivity index is 1.28. The lowest BCUT2D eigenvalue weighted by atomic mass is 9.96. The molecule has 0 aliphatic heterocycles. The molecule has 0 atom stereocenters. The molecule has 2 aromatic heterocycles. The molecule has 240 valence electrons. The van der Waals surface area contributed by atoms with E-state index in [-0.39, 0.29) is 0 Å². The lowest BCUT2D eigenvalue weighted by Gasteiger charge is -2.26. The largest absolute Gasteiger partial charge is 0.455 e. The second-order valence-electron chi connectivity index (χ2n) is 12.9. The number of benzene rings is 8. The molecule has 10 rings (SSSR count). The standard InChI is InChI=1S/C48H32N2O/c1-4-16-33(17-5-1)37-31-30-34(38-24-14-25-40-39-22-11-13-29-46(39)51-48(38)40)32-45(37)50-42-26-12-10-23-41(42)47-43(27-15-28-44(47)50)49(35-18-6-2-7-19-35)36-20-8-3-9-21-36/h1-32H. The fourth-order valence-electron chi connectivity index (χ4n) is 7.75. The summed E-state index contributed by atoms with van der Waals surface area (Å²) in [5.41, 5.74) is 13.1. The van der Waals surface area contributed by atoms with Gasteiger partial charge in [-0.15, -0.1) is 0 Å². The van der Waals surface area contributed by atoms with Crippen molar-refractivity contribution in [2.75, 3.05) is 4.90 Å². The van der Waals surface area contributed by atoms with Crippen molar-refractivity contribution in [3.8, 4) is 27.9 Å². The van der Waals surface area contributed by atoms with Gasteiger partial charge in [-0.25, -0.2) is 0 Å². The summed E-state index contributed by atoms with van der Waals surface area (Å²) in [5.74, 6) is 0. The van der Waals surface area contributed by atoms with Crippen molar-refractivity contribution in [3.63, 3.8) is 0 Å². The maximum atomic E-state index is 6.54. The second kappa shape index (κ2) is 11.9. The van der Waals surface area contributed by atoms with E-state index in [4.69, 9.17) is 4.42 Å². The van der Waals surface area contributed by atoms with Crippen LogP contribution in [0.4, 0.5) is 17.1 Å². The van der Waals surface area contributed by atoms with Crippen molar-refractivity contribution in [3.05, 3.63) is 194 Å². The van der Waals surface area contributed by atoms with E-state index < -0.39 is 0 Å². The van der Waals surface area contributed by atoms with Crippen molar-refractivity contribution in [2.45, 2.75) is 0 Å². The molecule has 0 radical (unpaired) electrons. The monoisotopic (exact) mass is 652 g/mol. The molecule has 3 heteroatoms. The predicted molar refractivity (Wildman–Crippen MR) is 214 cm³/mol. The third-order valence-corrected chi connectivity index (χ3v) is 9.98. The minimum atomic E-state index is 0.900. The van der Waals surface area contributed by atoms with Crippen LogP contribution in [0.1, 0.15) is 0 Å². The fourth-order valence-corrected chi connectivity index (χ4v) is 7.75. The smallest absolute Gasteiger partial charge is 0.143 e. The molecule has 0 aliphatic rings. The summed E-state index contributed by atoms with van der Waals surface area (Å²) in [5, 5.41) is 4.65. The van der Waals surface area contributed by atoms with E-state index in [9.17, 15) is 0 Å². The Morgan fingerprint density at radius 2 is 1.02 bits per heavy atom. The molecule has 0 saturated heterocycles. The summed E-state index contributed by atoms with van der Waals surface area (Å²) in [6.07, 6.45) is 0. The zero-order chi connectivity index (χ0) is 33.7. The van der Waals surface area contributed by atoms with Gasteiger partial charge in [-0.1, -0.05) is 140 Å². The summed E-state index contributed by atoms with van der Waals surface area (Å²) < 4.78 is 8.99. The van der Waals surface area contributed by atoms with Crippen LogP contribution in [-0.2, 0) is 0 Å². The first-order valence-electron chi connectivity index (χ1n) is 17.4. The zero-order valence-corrected chi connectivity index (χ0v) is 27.8. The first-order valence-corrected chi connectivity index (χ1v) is 17.4. The summed E-state index contributed by atoms with van der Waals surface area (Å²) >= 11 is 0. The van der Waals surface area contributed by atoms with E-state index in [1.165, 1.54) is 16.3 Å². The van der Waals surface area contributed by atoms with Gasteiger partial charge in [-0.3, -0.25) is 0 Å². The molecular weight excluding hydrogens is 621 g/mol. The number of fused-ring (bicyclic) bond motifs is 6. The van der Waals surface area contributed by atoms with Crippen LogP contribution in [0, 0.1) is 0 Å². The number of para-hydroxylation sites is 5.